The quantitative estimate of drug-likeness (QED) is 0.637. The average Bonchev–Trinajstić information content (AvgIpc) is 3.33. The van der Waals surface area contributed by atoms with Crippen LogP contribution in [0.25, 0.3) is 11.0 Å². The SMILES string of the molecule is O=C(CNC(=O)c1ccc2c(c1)OCO2)OCc1nc2ccccc2n1C(F)F. The Bertz CT molecular complexity index is 1080. The molecule has 3 aromatic rings. The van der Waals surface area contributed by atoms with E-state index in [1.165, 1.54) is 18.2 Å². The highest BCUT2D eigenvalue weighted by Gasteiger charge is 2.20. The summed E-state index contributed by atoms with van der Waals surface area (Å²) in [5, 5.41) is 2.40. The van der Waals surface area contributed by atoms with Crippen molar-refractivity contribution in [2.45, 2.75) is 13.2 Å². The van der Waals surface area contributed by atoms with E-state index in [0.717, 1.165) is 0 Å². The standard InChI is InChI=1S/C19H15F2N3O5/c20-19(21)24-13-4-2-1-3-12(13)23-16(24)9-27-17(25)8-22-18(26)11-5-6-14-15(7-11)29-10-28-14/h1-7,19H,8-10H2,(H,22,26). The number of aromatic nitrogens is 2. The molecule has 2 heterocycles. The molecule has 0 bridgehead atoms. The van der Waals surface area contributed by atoms with Gasteiger partial charge in [-0.1, -0.05) is 12.1 Å². The van der Waals surface area contributed by atoms with Crippen LogP contribution in [-0.2, 0) is 16.1 Å². The number of para-hydroxylation sites is 2. The molecule has 10 heteroatoms. The molecule has 0 unspecified atom stereocenters. The lowest BCUT2D eigenvalue weighted by Gasteiger charge is -2.09. The molecule has 2 aromatic carbocycles. The van der Waals surface area contributed by atoms with Gasteiger partial charge in [0.25, 0.3) is 5.91 Å². The average molecular weight is 403 g/mol. The monoisotopic (exact) mass is 403 g/mol. The Labute approximate surface area is 163 Å². The Kier molecular flexibility index (Phi) is 4.98. The van der Waals surface area contributed by atoms with Crippen LogP contribution >= 0.6 is 0 Å². The smallest absolute Gasteiger partial charge is 0.325 e. The molecule has 1 aromatic heterocycles. The first kappa shape index (κ1) is 18.7. The van der Waals surface area contributed by atoms with Gasteiger partial charge in [-0.15, -0.1) is 0 Å². The number of ether oxygens (including phenoxy) is 3. The number of carbonyl (C=O) groups is 2. The molecule has 1 amide bonds. The summed E-state index contributed by atoms with van der Waals surface area (Å²) in [5.74, 6) is -0.419. The molecule has 1 N–H and O–H groups in total. The van der Waals surface area contributed by atoms with Crippen LogP contribution in [0.1, 0.15) is 22.7 Å². The lowest BCUT2D eigenvalue weighted by molar-refractivity contribution is -0.144. The Morgan fingerprint density at radius 2 is 1.97 bits per heavy atom. The molecule has 0 spiro atoms. The summed E-state index contributed by atoms with van der Waals surface area (Å²) in [4.78, 5) is 28.2. The Balaban J connectivity index is 1.35. The fraction of sp³-hybridized carbons (Fsp3) is 0.211. The zero-order valence-corrected chi connectivity index (χ0v) is 14.9. The Morgan fingerprint density at radius 3 is 2.79 bits per heavy atom. The van der Waals surface area contributed by atoms with Gasteiger partial charge in [-0.05, 0) is 30.3 Å². The van der Waals surface area contributed by atoms with Gasteiger partial charge in [-0.25, -0.2) is 4.98 Å². The lowest BCUT2D eigenvalue weighted by Crippen LogP contribution is -2.30. The van der Waals surface area contributed by atoms with E-state index in [1.54, 1.807) is 24.3 Å². The highest BCUT2D eigenvalue weighted by atomic mass is 19.3. The van der Waals surface area contributed by atoms with Gasteiger partial charge in [0, 0.05) is 5.56 Å². The van der Waals surface area contributed by atoms with Crippen molar-refractivity contribution >= 4 is 22.9 Å². The molecule has 1 aliphatic rings. The van der Waals surface area contributed by atoms with Crippen molar-refractivity contribution in [3.8, 4) is 11.5 Å². The van der Waals surface area contributed by atoms with E-state index in [0.29, 0.717) is 21.6 Å². The number of benzene rings is 2. The molecule has 4 rings (SSSR count). The summed E-state index contributed by atoms with van der Waals surface area (Å²) in [5.41, 5.74) is 0.890. The third kappa shape index (κ3) is 3.82. The van der Waals surface area contributed by atoms with Gasteiger partial charge in [0.05, 0.1) is 11.0 Å². The number of imidazole rings is 1. The fourth-order valence-corrected chi connectivity index (χ4v) is 2.90. The second kappa shape index (κ2) is 7.74. The van der Waals surface area contributed by atoms with Crippen LogP contribution in [0.5, 0.6) is 11.5 Å². The highest BCUT2D eigenvalue weighted by Crippen LogP contribution is 2.32. The second-order valence-electron chi connectivity index (χ2n) is 6.08. The topological polar surface area (TPSA) is 91.7 Å². The molecule has 150 valence electrons. The molecule has 0 atom stereocenters. The molecular weight excluding hydrogens is 388 g/mol. The fourth-order valence-electron chi connectivity index (χ4n) is 2.90. The predicted molar refractivity (Wildman–Crippen MR) is 95.7 cm³/mol. The number of amides is 1. The zero-order chi connectivity index (χ0) is 20.4. The van der Waals surface area contributed by atoms with Crippen molar-refractivity contribution in [2.24, 2.45) is 0 Å². The zero-order valence-electron chi connectivity index (χ0n) is 14.9. The van der Waals surface area contributed by atoms with Crippen LogP contribution in [-0.4, -0.2) is 34.8 Å². The summed E-state index contributed by atoms with van der Waals surface area (Å²) in [6.45, 7) is -3.63. The van der Waals surface area contributed by atoms with E-state index in [2.05, 4.69) is 10.3 Å². The molecule has 0 fully saturated rings. The third-order valence-electron chi connectivity index (χ3n) is 4.25. The molecular formula is C19H15F2N3O5. The number of rotatable bonds is 6. The Morgan fingerprint density at radius 1 is 1.17 bits per heavy atom. The van der Waals surface area contributed by atoms with E-state index < -0.39 is 31.6 Å². The maximum absolute atomic E-state index is 13.4. The summed E-state index contributed by atoms with van der Waals surface area (Å²) in [6.07, 6.45) is 0. The van der Waals surface area contributed by atoms with E-state index in [9.17, 15) is 18.4 Å². The summed E-state index contributed by atoms with van der Waals surface area (Å²) >= 11 is 0. The van der Waals surface area contributed by atoms with Crippen molar-refractivity contribution in [3.05, 3.63) is 53.9 Å². The van der Waals surface area contributed by atoms with Gasteiger partial charge in [0.1, 0.15) is 13.2 Å². The first-order chi connectivity index (χ1) is 14.0. The number of carbonyl (C=O) groups excluding carboxylic acids is 2. The number of nitrogens with zero attached hydrogens (tertiary/aromatic N) is 2. The number of nitrogens with one attached hydrogen (secondary N) is 1. The van der Waals surface area contributed by atoms with Crippen molar-refractivity contribution in [3.63, 3.8) is 0 Å². The van der Waals surface area contributed by atoms with Gasteiger partial charge < -0.3 is 19.5 Å². The van der Waals surface area contributed by atoms with Gasteiger partial charge in [-0.3, -0.25) is 14.2 Å². The van der Waals surface area contributed by atoms with Crippen molar-refractivity contribution < 1.29 is 32.6 Å². The maximum Gasteiger partial charge on any atom is 0.325 e. The number of hydrogen-bond acceptors (Lipinski definition) is 6. The van der Waals surface area contributed by atoms with Crippen LogP contribution in [0.3, 0.4) is 0 Å². The van der Waals surface area contributed by atoms with Crippen LogP contribution in [0.2, 0.25) is 0 Å². The number of esters is 1. The van der Waals surface area contributed by atoms with E-state index in [-0.39, 0.29) is 23.7 Å². The maximum atomic E-state index is 13.4. The number of hydrogen-bond donors (Lipinski definition) is 1. The molecule has 8 nitrogen and oxygen atoms in total. The molecule has 0 saturated carbocycles. The lowest BCUT2D eigenvalue weighted by atomic mass is 10.2. The van der Waals surface area contributed by atoms with E-state index >= 15 is 0 Å². The number of fused-ring (bicyclic) bond motifs is 2. The molecule has 0 aliphatic carbocycles. The predicted octanol–water partition coefficient (Wildman–Crippen LogP) is 2.63. The first-order valence-corrected chi connectivity index (χ1v) is 8.60. The highest BCUT2D eigenvalue weighted by molar-refractivity contribution is 5.96. The van der Waals surface area contributed by atoms with Crippen molar-refractivity contribution in [1.29, 1.82) is 0 Å². The summed E-state index contributed by atoms with van der Waals surface area (Å²) in [7, 11) is 0. The van der Waals surface area contributed by atoms with Crippen LogP contribution < -0.4 is 14.8 Å². The minimum atomic E-state index is -2.83. The minimum absolute atomic E-state index is 0.0795. The van der Waals surface area contributed by atoms with E-state index in [1.807, 2.05) is 0 Å². The van der Waals surface area contributed by atoms with Crippen LogP contribution in [0, 0.1) is 0 Å². The summed E-state index contributed by atoms with van der Waals surface area (Å²) in [6, 6.07) is 11.0. The number of halogens is 2. The number of alkyl halides is 2. The third-order valence-corrected chi connectivity index (χ3v) is 4.25. The Hall–Kier alpha value is -3.69. The van der Waals surface area contributed by atoms with Gasteiger partial charge in [-0.2, -0.15) is 8.78 Å². The van der Waals surface area contributed by atoms with Crippen LogP contribution in [0.15, 0.2) is 42.5 Å². The van der Waals surface area contributed by atoms with Gasteiger partial charge in [0.15, 0.2) is 17.3 Å². The first-order valence-electron chi connectivity index (χ1n) is 8.60. The van der Waals surface area contributed by atoms with Crippen molar-refractivity contribution in [2.75, 3.05) is 13.3 Å². The largest absolute Gasteiger partial charge is 0.456 e. The second-order valence-corrected chi connectivity index (χ2v) is 6.08. The normalized spacial score (nSPS) is 12.4. The minimum Gasteiger partial charge on any atom is -0.456 e. The summed E-state index contributed by atoms with van der Waals surface area (Å²) < 4.78 is 42.8. The molecule has 0 radical (unpaired) electrons. The van der Waals surface area contributed by atoms with Gasteiger partial charge >= 0.3 is 12.5 Å². The van der Waals surface area contributed by atoms with Gasteiger partial charge in [0.2, 0.25) is 6.79 Å². The van der Waals surface area contributed by atoms with Crippen LogP contribution in [0.4, 0.5) is 8.78 Å². The molecule has 29 heavy (non-hydrogen) atoms. The molecule has 0 saturated heterocycles. The molecule has 1 aliphatic heterocycles. The van der Waals surface area contributed by atoms with Crippen molar-refractivity contribution in [1.82, 2.24) is 14.9 Å². The van der Waals surface area contributed by atoms with E-state index in [4.69, 9.17) is 14.2 Å².